The number of nitrogens with one attached hydrogen (secondary N) is 1. The van der Waals surface area contributed by atoms with E-state index in [1.54, 1.807) is 19.9 Å². The number of hydrogen-bond donors (Lipinski definition) is 1. The van der Waals surface area contributed by atoms with Crippen LogP contribution in [0.15, 0.2) is 34.0 Å². The second-order valence-corrected chi connectivity index (χ2v) is 6.60. The minimum atomic E-state index is -4.64. The van der Waals surface area contributed by atoms with E-state index in [-0.39, 0.29) is 17.2 Å². The van der Waals surface area contributed by atoms with Crippen molar-refractivity contribution in [2.45, 2.75) is 20.0 Å². The molecule has 10 heteroatoms. The van der Waals surface area contributed by atoms with Gasteiger partial charge in [-0.15, -0.1) is 0 Å². The maximum atomic E-state index is 13.4. The Morgan fingerprint density at radius 1 is 1.29 bits per heavy atom. The summed E-state index contributed by atoms with van der Waals surface area (Å²) in [6.45, 7) is 3.14. The Hall–Kier alpha value is -2.23. The molecule has 0 saturated carbocycles. The van der Waals surface area contributed by atoms with Crippen LogP contribution in [0.5, 0.6) is 0 Å². The summed E-state index contributed by atoms with van der Waals surface area (Å²) in [5.41, 5.74) is 0.315. The number of carbonyl (C=O) groups excluding carboxylic acids is 1. The number of nitrogens with zero attached hydrogens (tertiary/aromatic N) is 4. The molecule has 0 fully saturated rings. The number of alkyl halides is 3. The third-order valence-electron chi connectivity index (χ3n) is 3.60. The molecule has 24 heavy (non-hydrogen) atoms. The third kappa shape index (κ3) is 2.70. The summed E-state index contributed by atoms with van der Waals surface area (Å²) in [5.74, 6) is -0.394. The molecule has 0 aliphatic carbocycles. The molecule has 1 amide bonds. The van der Waals surface area contributed by atoms with Crippen LogP contribution in [0.3, 0.4) is 0 Å². The highest BCUT2D eigenvalue weighted by Crippen LogP contribution is 2.34. The van der Waals surface area contributed by atoms with Crippen molar-refractivity contribution in [2.75, 3.05) is 0 Å². The summed E-state index contributed by atoms with van der Waals surface area (Å²) in [5, 5.41) is 7.81. The summed E-state index contributed by atoms with van der Waals surface area (Å²) in [6.07, 6.45) is -3.26. The number of rotatable bonds is 2. The minimum Gasteiger partial charge on any atom is -0.272 e. The molecule has 3 rings (SSSR count). The summed E-state index contributed by atoms with van der Waals surface area (Å²) in [4.78, 5) is 15.7. The first-order valence-electron chi connectivity index (χ1n) is 6.79. The van der Waals surface area contributed by atoms with Crippen LogP contribution in [-0.2, 0) is 11.0 Å². The molecule has 0 bridgehead atoms. The van der Waals surface area contributed by atoms with Crippen LogP contribution in [0.25, 0.3) is 5.82 Å². The highest BCUT2D eigenvalue weighted by molar-refractivity contribution is 9.10. The molecular formula is C14H11BrF3N5O. The number of hydrazone groups is 1. The molecule has 3 heterocycles. The van der Waals surface area contributed by atoms with Crippen molar-refractivity contribution in [1.82, 2.24) is 20.2 Å². The van der Waals surface area contributed by atoms with E-state index in [1.165, 1.54) is 12.3 Å². The van der Waals surface area contributed by atoms with E-state index in [1.807, 2.05) is 0 Å². The quantitative estimate of drug-likeness (QED) is 0.840. The van der Waals surface area contributed by atoms with Gasteiger partial charge in [0.05, 0.1) is 5.41 Å². The van der Waals surface area contributed by atoms with Crippen molar-refractivity contribution >= 4 is 27.5 Å². The number of carbonyl (C=O) groups is 1. The molecule has 6 nitrogen and oxygen atoms in total. The van der Waals surface area contributed by atoms with Crippen molar-refractivity contribution in [1.29, 1.82) is 0 Å². The van der Waals surface area contributed by atoms with Gasteiger partial charge >= 0.3 is 6.18 Å². The molecule has 0 saturated heterocycles. The lowest BCUT2D eigenvalue weighted by Crippen LogP contribution is -2.32. The molecule has 0 radical (unpaired) electrons. The van der Waals surface area contributed by atoms with E-state index in [2.05, 4.69) is 36.5 Å². The van der Waals surface area contributed by atoms with E-state index in [0.717, 1.165) is 6.07 Å². The zero-order valence-electron chi connectivity index (χ0n) is 12.5. The van der Waals surface area contributed by atoms with E-state index < -0.39 is 23.2 Å². The molecule has 0 unspecified atom stereocenters. The van der Waals surface area contributed by atoms with Crippen LogP contribution in [0.1, 0.15) is 25.2 Å². The zero-order valence-corrected chi connectivity index (χ0v) is 14.1. The first kappa shape index (κ1) is 16.6. The van der Waals surface area contributed by atoms with Gasteiger partial charge < -0.3 is 0 Å². The number of halogens is 4. The maximum absolute atomic E-state index is 13.4. The Balaban J connectivity index is 2.15. The standard InChI is InChI=1S/C14H11BrF3N5O/c1-13(2)11(20-21-12(13)24)8-5-9(14(16,17)18)23(22-8)10-4-3-7(15)6-19-10/h3-6H,1-2H3,(H,21,24). The summed E-state index contributed by atoms with van der Waals surface area (Å²) >= 11 is 3.18. The normalized spacial score (nSPS) is 16.9. The second kappa shape index (κ2) is 5.40. The average molecular weight is 402 g/mol. The Kier molecular flexibility index (Phi) is 3.74. The van der Waals surface area contributed by atoms with Gasteiger partial charge in [0.2, 0.25) is 0 Å². The predicted octanol–water partition coefficient (Wildman–Crippen LogP) is 2.91. The van der Waals surface area contributed by atoms with E-state index >= 15 is 0 Å². The molecule has 1 N–H and O–H groups in total. The SMILES string of the molecule is CC1(C)C(=O)NN=C1c1cc(C(F)(F)F)n(-c2ccc(Br)cn2)n1. The number of amides is 1. The minimum absolute atomic E-state index is 0.00691. The van der Waals surface area contributed by atoms with Gasteiger partial charge in [-0.1, -0.05) is 0 Å². The van der Waals surface area contributed by atoms with Crippen molar-refractivity contribution in [3.63, 3.8) is 0 Å². The van der Waals surface area contributed by atoms with Gasteiger partial charge in [-0.2, -0.15) is 23.4 Å². The van der Waals surface area contributed by atoms with Gasteiger partial charge in [0, 0.05) is 10.7 Å². The lowest BCUT2D eigenvalue weighted by molar-refractivity contribution is -0.142. The van der Waals surface area contributed by atoms with Crippen molar-refractivity contribution < 1.29 is 18.0 Å². The third-order valence-corrected chi connectivity index (χ3v) is 4.07. The maximum Gasteiger partial charge on any atom is 0.433 e. The van der Waals surface area contributed by atoms with Crippen LogP contribution in [0, 0.1) is 5.41 Å². The number of aromatic nitrogens is 3. The molecule has 0 atom stereocenters. The fourth-order valence-electron chi connectivity index (χ4n) is 2.24. The Morgan fingerprint density at radius 2 is 2.00 bits per heavy atom. The fraction of sp³-hybridized carbons (Fsp3) is 0.286. The Morgan fingerprint density at radius 3 is 2.50 bits per heavy atom. The first-order valence-corrected chi connectivity index (χ1v) is 7.58. The van der Waals surface area contributed by atoms with Crippen LogP contribution < -0.4 is 5.43 Å². The van der Waals surface area contributed by atoms with Crippen molar-refractivity contribution in [2.24, 2.45) is 10.5 Å². The van der Waals surface area contributed by atoms with E-state index in [9.17, 15) is 18.0 Å². The highest BCUT2D eigenvalue weighted by Gasteiger charge is 2.43. The topological polar surface area (TPSA) is 72.2 Å². The average Bonchev–Trinajstić information content (AvgIpc) is 3.02. The molecule has 2 aromatic rings. The lowest BCUT2D eigenvalue weighted by atomic mass is 9.86. The predicted molar refractivity (Wildman–Crippen MR) is 82.5 cm³/mol. The van der Waals surface area contributed by atoms with Gasteiger partial charge in [-0.25, -0.2) is 15.1 Å². The summed E-state index contributed by atoms with van der Waals surface area (Å²) in [6, 6.07) is 3.83. The smallest absolute Gasteiger partial charge is 0.272 e. The van der Waals surface area contributed by atoms with E-state index in [0.29, 0.717) is 9.15 Å². The fourth-order valence-corrected chi connectivity index (χ4v) is 2.47. The van der Waals surface area contributed by atoms with Crippen molar-refractivity contribution in [3.05, 3.63) is 40.3 Å². The largest absolute Gasteiger partial charge is 0.433 e. The van der Waals surface area contributed by atoms with Crippen LogP contribution >= 0.6 is 15.9 Å². The molecule has 1 aliphatic rings. The molecular weight excluding hydrogens is 391 g/mol. The van der Waals surface area contributed by atoms with Crippen LogP contribution in [0.4, 0.5) is 13.2 Å². The molecule has 0 spiro atoms. The van der Waals surface area contributed by atoms with Gasteiger partial charge in [-0.3, -0.25) is 4.79 Å². The second-order valence-electron chi connectivity index (χ2n) is 5.69. The summed E-state index contributed by atoms with van der Waals surface area (Å²) < 4.78 is 41.4. The monoisotopic (exact) mass is 401 g/mol. The van der Waals surface area contributed by atoms with Gasteiger partial charge in [-0.05, 0) is 48.0 Å². The van der Waals surface area contributed by atoms with E-state index in [4.69, 9.17) is 0 Å². The first-order chi connectivity index (χ1) is 11.1. The van der Waals surface area contributed by atoms with Crippen LogP contribution in [-0.4, -0.2) is 26.4 Å². The highest BCUT2D eigenvalue weighted by atomic mass is 79.9. The van der Waals surface area contributed by atoms with Gasteiger partial charge in [0.15, 0.2) is 11.5 Å². The zero-order chi connectivity index (χ0) is 17.7. The Bertz CT molecular complexity index is 839. The van der Waals surface area contributed by atoms with Gasteiger partial charge in [0.25, 0.3) is 5.91 Å². The van der Waals surface area contributed by atoms with Crippen LogP contribution in [0.2, 0.25) is 0 Å². The summed E-state index contributed by atoms with van der Waals surface area (Å²) in [7, 11) is 0. The lowest BCUT2D eigenvalue weighted by Gasteiger charge is -2.14. The number of pyridine rings is 1. The number of hydrogen-bond acceptors (Lipinski definition) is 4. The molecule has 126 valence electrons. The molecule has 0 aromatic carbocycles. The van der Waals surface area contributed by atoms with Crippen molar-refractivity contribution in [3.8, 4) is 5.82 Å². The molecule has 2 aromatic heterocycles. The van der Waals surface area contributed by atoms with Gasteiger partial charge in [0.1, 0.15) is 11.4 Å². The Labute approximate surface area is 142 Å². The molecule has 1 aliphatic heterocycles.